The van der Waals surface area contributed by atoms with Gasteiger partial charge in [-0.3, -0.25) is 0 Å². The fourth-order valence-corrected chi connectivity index (χ4v) is 5.90. The predicted molar refractivity (Wildman–Crippen MR) is 246 cm³/mol. The molecule has 2 heterocycles. The van der Waals surface area contributed by atoms with Crippen LogP contribution in [-0.2, 0) is 0 Å². The van der Waals surface area contributed by atoms with E-state index in [1.54, 1.807) is 67.0 Å². The van der Waals surface area contributed by atoms with Crippen LogP contribution in [0.2, 0.25) is 0 Å². The molecule has 0 atom stereocenters. The third kappa shape index (κ3) is 13.5. The van der Waals surface area contributed by atoms with Crippen molar-refractivity contribution in [2.75, 3.05) is 21.3 Å². The Bertz CT molecular complexity index is 2650. The van der Waals surface area contributed by atoms with E-state index >= 15 is 0 Å². The molecule has 0 aliphatic heterocycles. The molecule has 0 unspecified atom stereocenters. The van der Waals surface area contributed by atoms with Gasteiger partial charge in [-0.1, -0.05) is 0 Å². The summed E-state index contributed by atoms with van der Waals surface area (Å²) >= 11 is 6.68. The van der Waals surface area contributed by atoms with Crippen LogP contribution in [0, 0.1) is 73.0 Å². The molecule has 60 heavy (non-hydrogen) atoms. The molecule has 0 amide bonds. The van der Waals surface area contributed by atoms with Crippen LogP contribution in [0.3, 0.4) is 0 Å². The number of aryl methyl sites for hydroxylation is 4. The van der Waals surface area contributed by atoms with Crippen molar-refractivity contribution in [3.05, 3.63) is 152 Å². The maximum absolute atomic E-state index is 8.90. The van der Waals surface area contributed by atoms with E-state index in [0.29, 0.717) is 34.7 Å². The van der Waals surface area contributed by atoms with Gasteiger partial charge in [0, 0.05) is 47.3 Å². The van der Waals surface area contributed by atoms with Gasteiger partial charge in [0.1, 0.15) is 11.6 Å². The van der Waals surface area contributed by atoms with E-state index in [-0.39, 0.29) is 0 Å². The van der Waals surface area contributed by atoms with Crippen molar-refractivity contribution < 1.29 is 0 Å². The molecular weight excluding hydrogens is 833 g/mol. The Morgan fingerprint density at radius 1 is 0.633 bits per heavy atom. The Hall–Kier alpha value is -7.63. The van der Waals surface area contributed by atoms with Gasteiger partial charge in [-0.05, 0) is 168 Å². The van der Waals surface area contributed by atoms with Crippen LogP contribution < -0.4 is 21.3 Å². The van der Waals surface area contributed by atoms with Crippen LogP contribution in [-0.4, -0.2) is 27.6 Å². The molecule has 4 N–H and O–H groups in total. The molecule has 6 rings (SSSR count). The van der Waals surface area contributed by atoms with Crippen LogP contribution in [0.1, 0.15) is 44.5 Å². The molecule has 6 aromatic rings. The second-order valence-electron chi connectivity index (χ2n) is 12.6. The van der Waals surface area contributed by atoms with Gasteiger partial charge in [0.15, 0.2) is 0 Å². The standard InChI is InChI=1S/C22H17BrN6.C22H18N6.BHNS/c1-14-10-17(4-3-9-24)11-15(2)20(14)28-21-19(23)13-26-22(29-21)27-18-7-5-16(12-25)6-8-18;1-15-12-18(4-3-10-23)13-16(2)21(15)27-20-9-11-25-22(28-20)26-19-7-5-17(14-24)6-8-19;1-2-3/h3-8,10-11,13H,1-2H3,(H2,26,27,28,29);3-9,11-13H,1-2H3,(H2,25,26,27,28);3H/b2*4-3+;. The van der Waals surface area contributed by atoms with Crippen LogP contribution in [0.25, 0.3) is 12.2 Å². The number of hydrogen-bond acceptors (Lipinski definition) is 14. The second kappa shape index (κ2) is 22.9. The summed E-state index contributed by atoms with van der Waals surface area (Å²) in [4.78, 5) is 17.6. The van der Waals surface area contributed by atoms with Crippen molar-refractivity contribution in [3.8, 4) is 24.3 Å². The second-order valence-corrected chi connectivity index (χ2v) is 13.7. The normalized spacial score (nSPS) is 10.0. The fourth-order valence-electron chi connectivity index (χ4n) is 5.61. The van der Waals surface area contributed by atoms with Crippen molar-refractivity contribution >= 4 is 94.8 Å². The Kier molecular flexibility index (Phi) is 17.2. The molecule has 0 fully saturated rings. The summed E-state index contributed by atoms with van der Waals surface area (Å²) in [6.07, 6.45) is 9.85. The zero-order valence-electron chi connectivity index (χ0n) is 32.9. The number of benzene rings is 4. The number of halogens is 1. The number of allylic oxidation sites excluding steroid dienone is 2. The molecule has 0 saturated carbocycles. The summed E-state index contributed by atoms with van der Waals surface area (Å²) in [6, 6.07) is 32.2. The van der Waals surface area contributed by atoms with Crippen molar-refractivity contribution in [3.63, 3.8) is 0 Å². The topological polar surface area (TPSA) is 207 Å². The summed E-state index contributed by atoms with van der Waals surface area (Å²) in [5, 5.41) is 48.2. The first-order valence-electron chi connectivity index (χ1n) is 17.8. The summed E-state index contributed by atoms with van der Waals surface area (Å²) in [6.45, 7) is 8.03. The first kappa shape index (κ1) is 45.1. The molecule has 0 aliphatic rings. The molecule has 0 bridgehead atoms. The molecule has 0 saturated heterocycles. The predicted octanol–water partition coefficient (Wildman–Crippen LogP) is 10.9. The van der Waals surface area contributed by atoms with Gasteiger partial charge in [-0.25, -0.2) is 9.97 Å². The third-order valence-electron chi connectivity index (χ3n) is 8.25. The van der Waals surface area contributed by atoms with Gasteiger partial charge >= 0.3 is 24.8 Å². The Morgan fingerprint density at radius 2 is 1.07 bits per heavy atom. The van der Waals surface area contributed by atoms with E-state index < -0.39 is 0 Å². The van der Waals surface area contributed by atoms with Gasteiger partial charge in [0.05, 0.1) is 39.9 Å². The molecule has 0 spiro atoms. The molecule has 16 heteroatoms. The SMILES string of the molecule is Cc1cc(/C=C/C#N)cc(C)c1Nc1ccnc(Nc2ccc(C#N)cc2)n1.Cc1cc(/C=C/C#N)cc(C)c1Nc1nc(Nc2ccc(C#N)cc2)ncc1Br.[B]=NS. The van der Waals surface area contributed by atoms with Crippen molar-refractivity contribution in [2.24, 2.45) is 4.30 Å². The Morgan fingerprint density at radius 3 is 1.50 bits per heavy atom. The average molecular weight is 870 g/mol. The van der Waals surface area contributed by atoms with Crippen LogP contribution in [0.5, 0.6) is 0 Å². The van der Waals surface area contributed by atoms with E-state index in [2.05, 4.69) is 94.0 Å². The van der Waals surface area contributed by atoms with Crippen LogP contribution >= 0.6 is 28.7 Å². The summed E-state index contributed by atoms with van der Waals surface area (Å²) in [5.41, 5.74) is 10.8. The van der Waals surface area contributed by atoms with E-state index in [4.69, 9.17) is 21.0 Å². The molecule has 293 valence electrons. The number of thiol groups is 1. The number of nitriles is 4. The zero-order chi connectivity index (χ0) is 43.4. The van der Waals surface area contributed by atoms with Gasteiger partial charge in [-0.15, -0.1) is 0 Å². The van der Waals surface area contributed by atoms with Crippen molar-refractivity contribution in [2.45, 2.75) is 27.7 Å². The molecule has 1 radical (unpaired) electrons. The first-order valence-corrected chi connectivity index (χ1v) is 19.0. The number of aromatic nitrogens is 4. The fraction of sp³-hybridized carbons (Fsp3) is 0.0909. The quantitative estimate of drug-likeness (QED) is 0.0495. The minimum absolute atomic E-state index is 0.435. The number of nitrogens with zero attached hydrogens (tertiary/aromatic N) is 9. The van der Waals surface area contributed by atoms with Crippen molar-refractivity contribution in [1.82, 2.24) is 19.9 Å². The third-order valence-corrected chi connectivity index (χ3v) is 8.83. The molecule has 13 nitrogen and oxygen atoms in total. The molecule has 0 aliphatic carbocycles. The number of rotatable bonds is 10. The maximum atomic E-state index is 8.90. The van der Waals surface area contributed by atoms with E-state index in [0.717, 1.165) is 60.6 Å². The summed E-state index contributed by atoms with van der Waals surface area (Å²) in [7, 11) is 4.34. The first-order chi connectivity index (χ1) is 29.0. The van der Waals surface area contributed by atoms with Crippen LogP contribution in [0.4, 0.5) is 46.3 Å². The zero-order valence-corrected chi connectivity index (χ0v) is 35.4. The molecule has 2 aromatic heterocycles. The number of anilines is 8. The average Bonchev–Trinajstić information content (AvgIpc) is 3.24. The van der Waals surface area contributed by atoms with Gasteiger partial charge in [-0.2, -0.15) is 31.0 Å². The summed E-state index contributed by atoms with van der Waals surface area (Å²) < 4.78 is 3.43. The molecular formula is C44H36BBrN13S. The van der Waals surface area contributed by atoms with E-state index in [9.17, 15) is 0 Å². The number of hydrogen-bond donors (Lipinski definition) is 5. The minimum atomic E-state index is 0.435. The molecule has 4 aromatic carbocycles. The van der Waals surface area contributed by atoms with E-state index in [1.165, 1.54) is 12.2 Å². The van der Waals surface area contributed by atoms with E-state index in [1.807, 2.05) is 76.2 Å². The number of nitrogens with one attached hydrogen (secondary N) is 4. The Balaban J connectivity index is 0.000000249. The van der Waals surface area contributed by atoms with Crippen LogP contribution in [0.15, 0.2) is 112 Å². The van der Waals surface area contributed by atoms with Crippen molar-refractivity contribution in [1.29, 1.82) is 21.0 Å². The van der Waals surface area contributed by atoms with Gasteiger partial charge < -0.3 is 21.3 Å². The van der Waals surface area contributed by atoms with Gasteiger partial charge in [0.2, 0.25) is 11.9 Å². The monoisotopic (exact) mass is 868 g/mol. The summed E-state index contributed by atoms with van der Waals surface area (Å²) in [5.74, 6) is 2.18. The Labute approximate surface area is 364 Å². The van der Waals surface area contributed by atoms with Gasteiger partial charge in [0.25, 0.3) is 0 Å².